The highest BCUT2D eigenvalue weighted by Gasteiger charge is 2.43. The van der Waals surface area contributed by atoms with Crippen molar-refractivity contribution in [3.05, 3.63) is 11.9 Å². The van der Waals surface area contributed by atoms with Gasteiger partial charge in [0.15, 0.2) is 8.32 Å². The van der Waals surface area contributed by atoms with Gasteiger partial charge in [-0.15, -0.1) is 0 Å². The van der Waals surface area contributed by atoms with Crippen LogP contribution < -0.4 is 4.74 Å². The van der Waals surface area contributed by atoms with Crippen LogP contribution in [-0.4, -0.2) is 67.9 Å². The Morgan fingerprint density at radius 1 is 1.19 bits per heavy atom. The molecule has 1 aliphatic heterocycles. The Bertz CT molecular complexity index is 1030. The molecule has 0 aromatic carbocycles. The Labute approximate surface area is 224 Å². The highest BCUT2D eigenvalue weighted by molar-refractivity contribution is 7.89. The molecule has 37 heavy (non-hydrogen) atoms. The molecule has 2 heterocycles. The monoisotopic (exact) mass is 557 g/mol. The molecule has 9 nitrogen and oxygen atoms in total. The van der Waals surface area contributed by atoms with Gasteiger partial charge in [-0.25, -0.2) is 18.4 Å². The summed E-state index contributed by atoms with van der Waals surface area (Å²) in [6, 6.07) is -0.890. The molecular weight excluding hydrogens is 510 g/mol. The van der Waals surface area contributed by atoms with Crippen molar-refractivity contribution >= 4 is 24.3 Å². The molecular formula is C26H47N3O6SSi. The van der Waals surface area contributed by atoms with Crippen LogP contribution in [0, 0.1) is 6.92 Å². The number of ether oxygens (including phenoxy) is 2. The van der Waals surface area contributed by atoms with Crippen molar-refractivity contribution in [3.8, 4) is 5.88 Å². The molecule has 0 N–H and O–H groups in total. The zero-order chi connectivity index (χ0) is 28.2. The molecule has 0 bridgehead atoms. The highest BCUT2D eigenvalue weighted by Crippen LogP contribution is 2.36. The molecule has 11 heteroatoms. The smallest absolute Gasteiger partial charge is 0.324 e. The van der Waals surface area contributed by atoms with Crippen molar-refractivity contribution in [1.82, 2.24) is 14.3 Å². The van der Waals surface area contributed by atoms with Crippen molar-refractivity contribution in [2.75, 3.05) is 13.2 Å². The number of hydrogen-bond donors (Lipinski definition) is 0. The summed E-state index contributed by atoms with van der Waals surface area (Å²) in [4.78, 5) is 21.3. The summed E-state index contributed by atoms with van der Waals surface area (Å²) < 4.78 is 46.2. The van der Waals surface area contributed by atoms with E-state index in [0.717, 1.165) is 19.3 Å². The van der Waals surface area contributed by atoms with E-state index in [4.69, 9.17) is 13.9 Å². The van der Waals surface area contributed by atoms with Crippen LogP contribution in [0.3, 0.4) is 0 Å². The van der Waals surface area contributed by atoms with Gasteiger partial charge < -0.3 is 13.9 Å². The molecule has 0 aliphatic carbocycles. The van der Waals surface area contributed by atoms with Gasteiger partial charge >= 0.3 is 5.97 Å². The van der Waals surface area contributed by atoms with Crippen LogP contribution >= 0.6 is 0 Å². The van der Waals surface area contributed by atoms with Gasteiger partial charge in [-0.1, -0.05) is 20.8 Å². The van der Waals surface area contributed by atoms with Crippen LogP contribution in [0.25, 0.3) is 0 Å². The summed E-state index contributed by atoms with van der Waals surface area (Å²) >= 11 is 0. The Kier molecular flexibility index (Phi) is 10.3. The minimum Gasteiger partial charge on any atom is -0.473 e. The summed E-state index contributed by atoms with van der Waals surface area (Å²) in [6.07, 6.45) is 4.60. The highest BCUT2D eigenvalue weighted by atomic mass is 32.2. The van der Waals surface area contributed by atoms with Crippen molar-refractivity contribution in [1.29, 1.82) is 0 Å². The van der Waals surface area contributed by atoms with E-state index in [1.54, 1.807) is 27.7 Å². The minimum absolute atomic E-state index is 0.0279. The van der Waals surface area contributed by atoms with E-state index in [1.165, 1.54) is 10.5 Å². The van der Waals surface area contributed by atoms with Crippen LogP contribution in [-0.2, 0) is 24.0 Å². The van der Waals surface area contributed by atoms with Gasteiger partial charge in [0.05, 0.1) is 11.8 Å². The van der Waals surface area contributed by atoms with Gasteiger partial charge in [-0.3, -0.25) is 4.79 Å². The molecule has 1 unspecified atom stereocenters. The molecule has 1 saturated heterocycles. The zero-order valence-electron chi connectivity index (χ0n) is 24.4. The first kappa shape index (κ1) is 31.7. The molecule has 1 aromatic rings. The lowest BCUT2D eigenvalue weighted by Crippen LogP contribution is -2.43. The molecule has 0 amide bonds. The number of unbranched alkanes of at least 4 members (excludes halogenated alkanes) is 1. The van der Waals surface area contributed by atoms with Crippen molar-refractivity contribution in [2.45, 2.75) is 128 Å². The molecule has 2 atom stereocenters. The lowest BCUT2D eigenvalue weighted by molar-refractivity contribution is -0.158. The summed E-state index contributed by atoms with van der Waals surface area (Å²) in [5, 5.41) is -0.0888. The molecule has 0 saturated carbocycles. The van der Waals surface area contributed by atoms with E-state index < -0.39 is 36.0 Å². The molecule has 1 fully saturated rings. The van der Waals surface area contributed by atoms with E-state index in [2.05, 4.69) is 43.8 Å². The quantitative estimate of drug-likeness (QED) is 0.206. The second kappa shape index (κ2) is 12.1. The van der Waals surface area contributed by atoms with E-state index in [1.807, 2.05) is 6.92 Å². The number of hydrogen-bond acceptors (Lipinski definition) is 8. The van der Waals surface area contributed by atoms with Gasteiger partial charge in [0.25, 0.3) is 15.9 Å². The molecule has 1 aliphatic rings. The Hall–Kier alpha value is -1.56. The average molecular weight is 558 g/mol. The SMILES string of the molecule is Cc1cnc(S(=O)(=O)N2CCC[C@H]2C(=O)OC(C)(C)C)c(OC(C)CCCCO[Si](C)(C)C(C)(C)C)n1. The maximum absolute atomic E-state index is 13.6. The van der Waals surface area contributed by atoms with Crippen LogP contribution in [0.2, 0.25) is 18.1 Å². The third-order valence-electron chi connectivity index (χ3n) is 6.85. The second-order valence-electron chi connectivity index (χ2n) is 12.5. The number of nitrogens with zero attached hydrogens (tertiary/aromatic N) is 3. The van der Waals surface area contributed by atoms with E-state index >= 15 is 0 Å². The predicted octanol–water partition coefficient (Wildman–Crippen LogP) is 5.24. The maximum atomic E-state index is 13.6. The summed E-state index contributed by atoms with van der Waals surface area (Å²) in [6.45, 7) is 21.0. The predicted molar refractivity (Wildman–Crippen MR) is 147 cm³/mol. The number of carbonyl (C=O) groups is 1. The number of sulfonamides is 1. The van der Waals surface area contributed by atoms with Crippen LogP contribution in [0.4, 0.5) is 0 Å². The maximum Gasteiger partial charge on any atom is 0.324 e. The van der Waals surface area contributed by atoms with Gasteiger partial charge in [0, 0.05) is 19.3 Å². The number of esters is 1. The lowest BCUT2D eigenvalue weighted by atomic mass is 10.2. The first-order valence-corrected chi connectivity index (χ1v) is 17.6. The van der Waals surface area contributed by atoms with Crippen molar-refractivity contribution in [3.63, 3.8) is 0 Å². The second-order valence-corrected chi connectivity index (χ2v) is 19.1. The third-order valence-corrected chi connectivity index (χ3v) is 13.2. The molecule has 212 valence electrons. The largest absolute Gasteiger partial charge is 0.473 e. The van der Waals surface area contributed by atoms with Crippen LogP contribution in [0.15, 0.2) is 11.2 Å². The van der Waals surface area contributed by atoms with Crippen LogP contribution in [0.1, 0.15) is 86.3 Å². The molecule has 0 spiro atoms. The minimum atomic E-state index is -4.12. The number of rotatable bonds is 11. The standard InChI is InChI=1S/C26H47N3O6SSi/c1-19-18-27-23(36(31,32)29-16-13-15-21(29)24(30)35-25(3,4)5)22(28-19)34-20(2)14-11-12-17-33-37(9,10)26(6,7)8/h18,20-21H,11-17H2,1-10H3/t20?,21-/m0/s1. The Morgan fingerprint density at radius 2 is 1.84 bits per heavy atom. The Morgan fingerprint density at radius 3 is 2.43 bits per heavy atom. The molecule has 2 rings (SSSR count). The van der Waals surface area contributed by atoms with E-state index in [0.29, 0.717) is 25.1 Å². The topological polar surface area (TPSA) is 108 Å². The fourth-order valence-corrected chi connectivity index (χ4v) is 6.48. The Balaban J connectivity index is 2.08. The summed E-state index contributed by atoms with van der Waals surface area (Å²) in [7, 11) is -5.89. The zero-order valence-corrected chi connectivity index (χ0v) is 26.2. The van der Waals surface area contributed by atoms with Gasteiger partial charge in [0.1, 0.15) is 11.6 Å². The van der Waals surface area contributed by atoms with Crippen LogP contribution in [0.5, 0.6) is 5.88 Å². The lowest BCUT2D eigenvalue weighted by Gasteiger charge is -2.36. The summed E-state index contributed by atoms with van der Waals surface area (Å²) in [5.74, 6) is -0.579. The fourth-order valence-electron chi connectivity index (χ4n) is 3.77. The number of aryl methyl sites for hydroxylation is 1. The number of aromatic nitrogens is 2. The molecule has 0 radical (unpaired) electrons. The van der Waals surface area contributed by atoms with Gasteiger partial charge in [-0.05, 0) is 84.9 Å². The van der Waals surface area contributed by atoms with Crippen molar-refractivity contribution < 1.29 is 27.1 Å². The van der Waals surface area contributed by atoms with E-state index in [9.17, 15) is 13.2 Å². The normalized spacial score (nSPS) is 18.6. The van der Waals surface area contributed by atoms with Gasteiger partial charge in [-0.2, -0.15) is 4.31 Å². The van der Waals surface area contributed by atoms with Crippen molar-refractivity contribution in [2.24, 2.45) is 0 Å². The van der Waals surface area contributed by atoms with E-state index in [-0.39, 0.29) is 28.6 Å². The average Bonchev–Trinajstić information content (AvgIpc) is 3.22. The first-order chi connectivity index (χ1) is 16.8. The van der Waals surface area contributed by atoms with Gasteiger partial charge in [0.2, 0.25) is 5.03 Å². The number of carbonyl (C=O) groups excluding carboxylic acids is 1. The fraction of sp³-hybridized carbons (Fsp3) is 0.808. The molecule has 1 aromatic heterocycles. The summed E-state index contributed by atoms with van der Waals surface area (Å²) in [5.41, 5.74) is -0.160. The third kappa shape index (κ3) is 8.73. The first-order valence-electron chi connectivity index (χ1n) is 13.2.